The fourth-order valence-corrected chi connectivity index (χ4v) is 2.28. The molecule has 0 aliphatic rings. The van der Waals surface area contributed by atoms with Crippen molar-refractivity contribution < 1.29 is 9.53 Å². The summed E-state index contributed by atoms with van der Waals surface area (Å²) in [6.45, 7) is 1.78. The van der Waals surface area contributed by atoms with Crippen LogP contribution in [0.25, 0.3) is 0 Å². The number of methoxy groups -OCH3 is 1. The number of carbonyl (C=O) groups excluding carboxylic acids is 1. The number of rotatable bonds is 3. The van der Waals surface area contributed by atoms with Gasteiger partial charge in [0.2, 0.25) is 0 Å². The maximum atomic E-state index is 12.2. The maximum absolute atomic E-state index is 12.2. The van der Waals surface area contributed by atoms with Crippen LogP contribution in [0.2, 0.25) is 5.15 Å². The standard InChI is InChI=1S/C14H12BrClN2O2/c1-8-5-9(6-13(16)17-8)14(19)18-12-7-10(20-2)3-4-11(12)15/h3-7H,1-2H3,(H,18,19). The van der Waals surface area contributed by atoms with Crippen molar-refractivity contribution in [3.63, 3.8) is 0 Å². The van der Waals surface area contributed by atoms with Gasteiger partial charge in [-0.2, -0.15) is 0 Å². The van der Waals surface area contributed by atoms with Crippen LogP contribution in [0, 0.1) is 6.92 Å². The van der Waals surface area contributed by atoms with Crippen LogP contribution in [-0.2, 0) is 0 Å². The number of aromatic nitrogens is 1. The van der Waals surface area contributed by atoms with Crippen molar-refractivity contribution in [2.45, 2.75) is 6.92 Å². The minimum Gasteiger partial charge on any atom is -0.497 e. The van der Waals surface area contributed by atoms with Crippen molar-refractivity contribution in [2.24, 2.45) is 0 Å². The first kappa shape index (κ1) is 14.8. The molecule has 0 bridgehead atoms. The first-order valence-corrected chi connectivity index (χ1v) is 6.96. The highest BCUT2D eigenvalue weighted by molar-refractivity contribution is 9.10. The van der Waals surface area contributed by atoms with Gasteiger partial charge in [0.05, 0.1) is 12.8 Å². The van der Waals surface area contributed by atoms with Crippen LogP contribution in [0.1, 0.15) is 16.1 Å². The van der Waals surface area contributed by atoms with Gasteiger partial charge in [0.25, 0.3) is 5.91 Å². The Balaban J connectivity index is 2.27. The summed E-state index contributed by atoms with van der Waals surface area (Å²) in [4.78, 5) is 16.2. The molecule has 0 spiro atoms. The molecule has 0 radical (unpaired) electrons. The molecule has 0 aliphatic heterocycles. The first-order chi connectivity index (χ1) is 9.49. The molecular weight excluding hydrogens is 344 g/mol. The third-order valence-electron chi connectivity index (χ3n) is 2.61. The lowest BCUT2D eigenvalue weighted by Crippen LogP contribution is -2.13. The fourth-order valence-electron chi connectivity index (χ4n) is 1.68. The van der Waals surface area contributed by atoms with Gasteiger partial charge in [-0.15, -0.1) is 0 Å². The van der Waals surface area contributed by atoms with E-state index in [1.54, 1.807) is 38.3 Å². The molecule has 0 saturated carbocycles. The number of nitrogens with one attached hydrogen (secondary N) is 1. The fraction of sp³-hybridized carbons (Fsp3) is 0.143. The molecule has 6 heteroatoms. The van der Waals surface area contributed by atoms with Gasteiger partial charge in [-0.25, -0.2) is 4.98 Å². The summed E-state index contributed by atoms with van der Waals surface area (Å²) in [5.74, 6) is 0.402. The van der Waals surface area contributed by atoms with E-state index in [2.05, 4.69) is 26.2 Å². The SMILES string of the molecule is COc1ccc(Br)c(NC(=O)c2cc(C)nc(Cl)c2)c1. The van der Waals surface area contributed by atoms with Crippen LogP contribution >= 0.6 is 27.5 Å². The normalized spacial score (nSPS) is 10.2. The molecule has 1 aromatic carbocycles. The van der Waals surface area contributed by atoms with Gasteiger partial charge in [0.15, 0.2) is 0 Å². The van der Waals surface area contributed by atoms with Crippen molar-refractivity contribution in [3.8, 4) is 5.75 Å². The van der Waals surface area contributed by atoms with E-state index in [1.165, 1.54) is 6.07 Å². The number of hydrogen-bond acceptors (Lipinski definition) is 3. The minimum atomic E-state index is -0.258. The molecule has 2 rings (SSSR count). The highest BCUT2D eigenvalue weighted by Crippen LogP contribution is 2.27. The summed E-state index contributed by atoms with van der Waals surface area (Å²) in [5, 5.41) is 3.09. The van der Waals surface area contributed by atoms with Crippen LogP contribution < -0.4 is 10.1 Å². The number of nitrogens with zero attached hydrogens (tertiary/aromatic N) is 1. The molecule has 20 heavy (non-hydrogen) atoms. The topological polar surface area (TPSA) is 51.2 Å². The third-order valence-corrected chi connectivity index (χ3v) is 3.49. The van der Waals surface area contributed by atoms with Gasteiger partial charge in [0, 0.05) is 21.8 Å². The predicted octanol–water partition coefficient (Wildman–Crippen LogP) is 4.07. The Bertz CT molecular complexity index is 641. The van der Waals surface area contributed by atoms with Gasteiger partial charge in [-0.3, -0.25) is 4.79 Å². The molecule has 1 amide bonds. The van der Waals surface area contributed by atoms with E-state index < -0.39 is 0 Å². The summed E-state index contributed by atoms with van der Waals surface area (Å²) in [7, 11) is 1.57. The van der Waals surface area contributed by atoms with Gasteiger partial charge in [-0.1, -0.05) is 11.6 Å². The second-order valence-electron chi connectivity index (χ2n) is 4.12. The number of hydrogen-bond donors (Lipinski definition) is 1. The number of halogens is 2. The number of amides is 1. The smallest absolute Gasteiger partial charge is 0.255 e. The molecule has 0 atom stereocenters. The van der Waals surface area contributed by atoms with E-state index in [-0.39, 0.29) is 5.91 Å². The number of carbonyl (C=O) groups is 1. The number of benzene rings is 1. The van der Waals surface area contributed by atoms with E-state index in [9.17, 15) is 4.79 Å². The predicted molar refractivity (Wildman–Crippen MR) is 82.6 cm³/mol. The van der Waals surface area contributed by atoms with E-state index >= 15 is 0 Å². The van der Waals surface area contributed by atoms with Gasteiger partial charge >= 0.3 is 0 Å². The van der Waals surface area contributed by atoms with Gasteiger partial charge in [0.1, 0.15) is 10.9 Å². The monoisotopic (exact) mass is 354 g/mol. The van der Waals surface area contributed by atoms with E-state index in [0.717, 1.165) is 4.47 Å². The molecule has 2 aromatic rings. The molecule has 104 valence electrons. The van der Waals surface area contributed by atoms with Crippen LogP contribution in [0.5, 0.6) is 5.75 Å². The van der Waals surface area contributed by atoms with Crippen LogP contribution in [0.15, 0.2) is 34.8 Å². The molecule has 1 heterocycles. The zero-order chi connectivity index (χ0) is 14.7. The van der Waals surface area contributed by atoms with Crippen LogP contribution in [0.4, 0.5) is 5.69 Å². The molecule has 0 aliphatic carbocycles. The number of pyridine rings is 1. The summed E-state index contributed by atoms with van der Waals surface area (Å²) < 4.78 is 5.90. The number of aryl methyl sites for hydroxylation is 1. The first-order valence-electron chi connectivity index (χ1n) is 5.78. The zero-order valence-corrected chi connectivity index (χ0v) is 13.2. The number of anilines is 1. The molecule has 1 N–H and O–H groups in total. The largest absolute Gasteiger partial charge is 0.497 e. The van der Waals surface area contributed by atoms with Crippen molar-refractivity contribution in [3.05, 3.63) is 51.2 Å². The van der Waals surface area contributed by atoms with E-state index in [1.807, 2.05) is 0 Å². The minimum absolute atomic E-state index is 0.258. The summed E-state index contributed by atoms with van der Waals surface area (Å²) in [6, 6.07) is 8.54. The summed E-state index contributed by atoms with van der Waals surface area (Å²) in [5.41, 5.74) is 1.77. The van der Waals surface area contributed by atoms with Crippen molar-refractivity contribution >= 4 is 39.1 Å². The Morgan fingerprint density at radius 1 is 1.35 bits per heavy atom. The van der Waals surface area contributed by atoms with Crippen LogP contribution in [0.3, 0.4) is 0 Å². The van der Waals surface area contributed by atoms with Gasteiger partial charge < -0.3 is 10.1 Å². The number of ether oxygens (including phenoxy) is 1. The van der Waals surface area contributed by atoms with Crippen molar-refractivity contribution in [2.75, 3.05) is 12.4 Å². The summed E-state index contributed by atoms with van der Waals surface area (Å²) in [6.07, 6.45) is 0. The zero-order valence-electron chi connectivity index (χ0n) is 10.9. The lowest BCUT2D eigenvalue weighted by Gasteiger charge is -2.10. The Morgan fingerprint density at radius 3 is 2.75 bits per heavy atom. The molecular formula is C14H12BrClN2O2. The molecule has 0 unspecified atom stereocenters. The second-order valence-corrected chi connectivity index (χ2v) is 5.36. The van der Waals surface area contributed by atoms with Crippen molar-refractivity contribution in [1.82, 2.24) is 4.98 Å². The lowest BCUT2D eigenvalue weighted by atomic mass is 10.2. The Labute approximate surface area is 130 Å². The van der Waals surface area contributed by atoms with Crippen LogP contribution in [-0.4, -0.2) is 18.0 Å². The molecule has 0 saturated heterocycles. The molecule has 1 aromatic heterocycles. The maximum Gasteiger partial charge on any atom is 0.255 e. The average molecular weight is 356 g/mol. The van der Waals surface area contributed by atoms with Gasteiger partial charge in [-0.05, 0) is 47.1 Å². The molecule has 4 nitrogen and oxygen atoms in total. The lowest BCUT2D eigenvalue weighted by molar-refractivity contribution is 0.102. The Kier molecular flexibility index (Phi) is 4.62. The van der Waals surface area contributed by atoms with E-state index in [0.29, 0.717) is 27.8 Å². The Morgan fingerprint density at radius 2 is 2.10 bits per heavy atom. The third kappa shape index (κ3) is 3.49. The summed E-state index contributed by atoms with van der Waals surface area (Å²) >= 11 is 9.24. The quantitative estimate of drug-likeness (QED) is 0.845. The highest BCUT2D eigenvalue weighted by atomic mass is 79.9. The molecule has 0 fully saturated rings. The van der Waals surface area contributed by atoms with E-state index in [4.69, 9.17) is 16.3 Å². The Hall–Kier alpha value is -1.59. The second kappa shape index (κ2) is 6.24. The van der Waals surface area contributed by atoms with Crippen molar-refractivity contribution in [1.29, 1.82) is 0 Å². The average Bonchev–Trinajstić information content (AvgIpc) is 2.40. The highest BCUT2D eigenvalue weighted by Gasteiger charge is 2.11.